The first-order valence-corrected chi connectivity index (χ1v) is 13.1. The quantitative estimate of drug-likeness (QED) is 0.480. The zero-order valence-electron chi connectivity index (χ0n) is 22.3. The minimum atomic E-state index is -0.971. The first-order chi connectivity index (χ1) is 18.7. The highest BCUT2D eigenvalue weighted by atomic mass is 16.2. The summed E-state index contributed by atoms with van der Waals surface area (Å²) in [4.78, 5) is 51.8. The molecule has 1 aromatic heterocycles. The minimum Gasteiger partial charge on any atom is -0.328 e. The number of benzene rings is 2. The monoisotopic (exact) mass is 521 g/mol. The van der Waals surface area contributed by atoms with Crippen LogP contribution in [-0.2, 0) is 15.0 Å². The minimum absolute atomic E-state index is 0.0996. The smallest absolute Gasteiger partial charge is 0.302 e. The Hall–Kier alpha value is -4.51. The van der Waals surface area contributed by atoms with Crippen LogP contribution in [0, 0.1) is 12.5 Å². The number of pyridine rings is 1. The predicted molar refractivity (Wildman–Crippen MR) is 148 cm³/mol. The molecule has 8 heteroatoms. The molecule has 0 aliphatic carbocycles. The Labute approximate surface area is 228 Å². The number of amides is 3. The van der Waals surface area contributed by atoms with Crippen LogP contribution in [0.1, 0.15) is 42.7 Å². The number of likely N-dealkylation sites (tertiary alicyclic amines) is 1. The van der Waals surface area contributed by atoms with Gasteiger partial charge < -0.3 is 10.2 Å². The Morgan fingerprint density at radius 3 is 2.49 bits per heavy atom. The molecular weight excluding hydrogens is 490 g/mol. The highest BCUT2D eigenvalue weighted by Gasteiger charge is 2.59. The maximum absolute atomic E-state index is 14.1. The van der Waals surface area contributed by atoms with Gasteiger partial charge >= 0.3 is 6.17 Å². The van der Waals surface area contributed by atoms with Crippen LogP contribution in [0.4, 0.5) is 5.69 Å². The van der Waals surface area contributed by atoms with E-state index in [0.29, 0.717) is 6.42 Å². The summed E-state index contributed by atoms with van der Waals surface area (Å²) in [5, 5.41) is 2.92. The van der Waals surface area contributed by atoms with E-state index in [9.17, 15) is 14.4 Å². The number of likely N-dealkylation sites (N-methyl/N-ethyl adjacent to an activating group) is 1. The maximum atomic E-state index is 14.1. The molecule has 3 atom stereocenters. The molecule has 2 aliphatic rings. The van der Waals surface area contributed by atoms with E-state index in [1.165, 1.54) is 9.80 Å². The first-order valence-electron chi connectivity index (χ1n) is 13.1. The molecule has 0 saturated carbocycles. The summed E-state index contributed by atoms with van der Waals surface area (Å²) < 4.78 is 0. The van der Waals surface area contributed by atoms with Gasteiger partial charge in [0.2, 0.25) is 5.91 Å². The molecule has 0 bridgehead atoms. The lowest BCUT2D eigenvalue weighted by atomic mass is 9.80. The number of nitrogens with one attached hydrogen (secondary N) is 1. The van der Waals surface area contributed by atoms with E-state index in [2.05, 4.69) is 15.1 Å². The Bertz CT molecular complexity index is 1450. The van der Waals surface area contributed by atoms with Crippen LogP contribution in [0.5, 0.6) is 0 Å². The largest absolute Gasteiger partial charge is 0.328 e. The van der Waals surface area contributed by atoms with Crippen molar-refractivity contribution < 1.29 is 14.4 Å². The van der Waals surface area contributed by atoms with Crippen molar-refractivity contribution in [3.63, 3.8) is 0 Å². The zero-order valence-corrected chi connectivity index (χ0v) is 22.3. The van der Waals surface area contributed by atoms with Gasteiger partial charge in [-0.1, -0.05) is 68.4 Å². The van der Waals surface area contributed by atoms with Gasteiger partial charge in [-0.2, -0.15) is 0 Å². The second kappa shape index (κ2) is 10.3. The fourth-order valence-corrected chi connectivity index (χ4v) is 5.66. The van der Waals surface area contributed by atoms with Gasteiger partial charge in [0.15, 0.2) is 0 Å². The summed E-state index contributed by atoms with van der Waals surface area (Å²) >= 11 is 0. The van der Waals surface area contributed by atoms with Crippen molar-refractivity contribution in [2.24, 2.45) is 5.92 Å². The third kappa shape index (κ3) is 4.65. The summed E-state index contributed by atoms with van der Waals surface area (Å²) in [6.07, 6.45) is 1.50. The molecule has 2 aliphatic heterocycles. The average molecular weight is 522 g/mol. The summed E-state index contributed by atoms with van der Waals surface area (Å²) in [5.41, 5.74) is 2.68. The van der Waals surface area contributed by atoms with Gasteiger partial charge in [-0.3, -0.25) is 29.1 Å². The summed E-state index contributed by atoms with van der Waals surface area (Å²) in [5.74, 6) is -0.775. The van der Waals surface area contributed by atoms with Crippen molar-refractivity contribution in [2.75, 3.05) is 18.9 Å². The summed E-state index contributed by atoms with van der Waals surface area (Å²) in [6.45, 7) is 11.9. The molecule has 5 rings (SSSR count). The second-order valence-electron chi connectivity index (χ2n) is 10.7. The van der Waals surface area contributed by atoms with Gasteiger partial charge in [-0.25, -0.2) is 6.57 Å². The number of nitrogens with zero attached hydrogens (tertiary/aromatic N) is 4. The molecule has 1 fully saturated rings. The van der Waals surface area contributed by atoms with E-state index in [-0.39, 0.29) is 42.3 Å². The summed E-state index contributed by atoms with van der Waals surface area (Å²) in [6, 6.07) is 19.9. The van der Waals surface area contributed by atoms with Gasteiger partial charge in [-0.05, 0) is 35.6 Å². The first kappa shape index (κ1) is 26.1. The molecule has 1 N–H and O–H groups in total. The second-order valence-corrected chi connectivity index (χ2v) is 10.7. The van der Waals surface area contributed by atoms with E-state index in [1.54, 1.807) is 19.3 Å². The molecule has 3 aromatic rings. The topological polar surface area (TPSA) is 87.0 Å². The summed E-state index contributed by atoms with van der Waals surface area (Å²) in [7, 11) is 1.61. The van der Waals surface area contributed by atoms with Gasteiger partial charge in [-0.15, -0.1) is 0 Å². The molecule has 39 heavy (non-hydrogen) atoms. The fraction of sp³-hybridized carbons (Fsp3) is 0.323. The molecule has 1 spiro atoms. The van der Waals surface area contributed by atoms with Crippen LogP contribution in [-0.4, -0.2) is 58.3 Å². The lowest BCUT2D eigenvalue weighted by molar-refractivity contribution is -0.136. The van der Waals surface area contributed by atoms with Gasteiger partial charge in [0.1, 0.15) is 17.2 Å². The van der Waals surface area contributed by atoms with Gasteiger partial charge in [0.05, 0.1) is 6.42 Å². The Morgan fingerprint density at radius 1 is 1.10 bits per heavy atom. The fourth-order valence-electron chi connectivity index (χ4n) is 5.66. The van der Waals surface area contributed by atoms with Crippen molar-refractivity contribution in [3.05, 3.63) is 95.6 Å². The standard InChI is InChI=1S/C31H31N5O3/c1-20(2)16-26(35(4)28(37)25-15-14-22(18-33-25)21-10-6-5-7-11-21)29(38)36-19-31(17-27(36)32-3)23-12-8-9-13-24(23)34-30(31)39/h5-15,18,20,26-27H,16-17,19H2,1-2,4H3,(H,34,39)/t26-,27-,31-/m0/s1. The van der Waals surface area contributed by atoms with Crippen molar-refractivity contribution in [3.8, 4) is 11.1 Å². The molecule has 8 nitrogen and oxygen atoms in total. The Kier molecular flexibility index (Phi) is 6.92. The zero-order chi connectivity index (χ0) is 27.7. The van der Waals surface area contributed by atoms with E-state index in [4.69, 9.17) is 6.57 Å². The number of carbonyl (C=O) groups is 3. The van der Waals surface area contributed by atoms with Gasteiger partial charge in [0, 0.05) is 31.0 Å². The Morgan fingerprint density at radius 2 is 1.82 bits per heavy atom. The van der Waals surface area contributed by atoms with Crippen molar-refractivity contribution in [1.82, 2.24) is 14.8 Å². The Balaban J connectivity index is 1.41. The SMILES string of the molecule is [C-]#[N+][C@@H]1C[C@@]2(CN1C(=O)[C@H](CC(C)C)N(C)C(=O)c1ccc(-c3ccccc3)cn1)C(=O)Nc1ccccc12. The van der Waals surface area contributed by atoms with E-state index in [0.717, 1.165) is 22.4 Å². The van der Waals surface area contributed by atoms with Crippen molar-refractivity contribution in [1.29, 1.82) is 0 Å². The normalized spacial score (nSPS) is 20.4. The molecule has 0 radical (unpaired) electrons. The van der Waals surface area contributed by atoms with Gasteiger partial charge in [0.25, 0.3) is 11.8 Å². The van der Waals surface area contributed by atoms with Crippen LogP contribution in [0.25, 0.3) is 16.0 Å². The lowest BCUT2D eigenvalue weighted by Gasteiger charge is -2.32. The molecule has 1 saturated heterocycles. The molecule has 3 heterocycles. The van der Waals surface area contributed by atoms with Crippen LogP contribution in [0.3, 0.4) is 0 Å². The highest BCUT2D eigenvalue weighted by molar-refractivity contribution is 6.07. The third-order valence-electron chi connectivity index (χ3n) is 7.75. The van der Waals surface area contributed by atoms with E-state index in [1.807, 2.05) is 74.5 Å². The number of rotatable bonds is 6. The molecular formula is C31H31N5O3. The van der Waals surface area contributed by atoms with Crippen LogP contribution >= 0.6 is 0 Å². The number of aromatic nitrogens is 1. The number of carbonyl (C=O) groups excluding carboxylic acids is 3. The average Bonchev–Trinajstić information content (AvgIpc) is 3.49. The van der Waals surface area contributed by atoms with Crippen molar-refractivity contribution >= 4 is 23.4 Å². The number of hydrogen-bond donors (Lipinski definition) is 1. The number of para-hydroxylation sites is 1. The van der Waals surface area contributed by atoms with E-state index >= 15 is 0 Å². The van der Waals surface area contributed by atoms with Crippen molar-refractivity contribution in [2.45, 2.75) is 44.3 Å². The number of anilines is 1. The molecule has 0 unspecified atom stereocenters. The van der Waals surface area contributed by atoms with E-state index < -0.39 is 17.6 Å². The number of hydrogen-bond acceptors (Lipinski definition) is 4. The predicted octanol–water partition coefficient (Wildman–Crippen LogP) is 4.60. The van der Waals surface area contributed by atoms with Crippen LogP contribution in [0.15, 0.2) is 72.9 Å². The lowest BCUT2D eigenvalue weighted by Crippen LogP contribution is -2.51. The molecule has 2 aromatic carbocycles. The number of fused-ring (bicyclic) bond motifs is 2. The maximum Gasteiger partial charge on any atom is 0.302 e. The third-order valence-corrected chi connectivity index (χ3v) is 7.75. The molecule has 198 valence electrons. The highest BCUT2D eigenvalue weighted by Crippen LogP contribution is 2.47. The molecule has 3 amide bonds. The van der Waals surface area contributed by atoms with Crippen LogP contribution < -0.4 is 5.32 Å². The van der Waals surface area contributed by atoms with Crippen LogP contribution in [0.2, 0.25) is 0 Å².